The van der Waals surface area contributed by atoms with E-state index >= 15 is 0 Å². The molecule has 3 heteroatoms. The maximum Gasteiger partial charge on any atom is 0.118 e. The molecule has 1 aromatic carbocycles. The highest BCUT2D eigenvalue weighted by atomic mass is 32.1. The van der Waals surface area contributed by atoms with Gasteiger partial charge in [0.25, 0.3) is 0 Å². The van der Waals surface area contributed by atoms with E-state index in [1.807, 2.05) is 11.3 Å². The summed E-state index contributed by atoms with van der Waals surface area (Å²) in [6, 6.07) is 13.9. The van der Waals surface area contributed by atoms with E-state index in [9.17, 15) is 0 Å². The van der Waals surface area contributed by atoms with Crippen LogP contribution in [0.25, 0.3) is 0 Å². The maximum atomic E-state index is 5.26. The normalized spacial score (nSPS) is 17.4. The number of rotatable bonds is 7. The quantitative estimate of drug-likeness (QED) is 0.817. The van der Waals surface area contributed by atoms with Crippen molar-refractivity contribution in [2.45, 2.75) is 38.3 Å². The summed E-state index contributed by atoms with van der Waals surface area (Å²) in [7, 11) is 1.72. The van der Waals surface area contributed by atoms with Crippen molar-refractivity contribution in [1.29, 1.82) is 0 Å². The van der Waals surface area contributed by atoms with Crippen LogP contribution in [0.4, 0.5) is 0 Å². The molecule has 2 atom stereocenters. The molecule has 1 fully saturated rings. The number of hydrogen-bond acceptors (Lipinski definition) is 3. The predicted octanol–water partition coefficient (Wildman–Crippen LogP) is 4.43. The lowest BCUT2D eigenvalue weighted by Crippen LogP contribution is -2.33. The smallest absolute Gasteiger partial charge is 0.118 e. The summed E-state index contributed by atoms with van der Waals surface area (Å²) in [6.07, 6.45) is 3.79. The van der Waals surface area contributed by atoms with E-state index in [1.165, 1.54) is 23.3 Å². The first-order valence-electron chi connectivity index (χ1n) is 7.68. The van der Waals surface area contributed by atoms with Gasteiger partial charge in [-0.3, -0.25) is 0 Å². The molecule has 21 heavy (non-hydrogen) atoms. The van der Waals surface area contributed by atoms with Crippen molar-refractivity contribution < 1.29 is 4.74 Å². The second-order valence-electron chi connectivity index (χ2n) is 5.94. The fourth-order valence-corrected chi connectivity index (χ4v) is 3.68. The predicted molar refractivity (Wildman–Crippen MR) is 89.1 cm³/mol. The van der Waals surface area contributed by atoms with Gasteiger partial charge in [0.05, 0.1) is 7.11 Å². The molecule has 1 aromatic heterocycles. The summed E-state index contributed by atoms with van der Waals surface area (Å²) in [5, 5.41) is 5.99. The van der Waals surface area contributed by atoms with Crippen molar-refractivity contribution in [1.82, 2.24) is 5.32 Å². The fourth-order valence-electron chi connectivity index (χ4n) is 2.84. The molecular formula is C18H23NOS. The van der Waals surface area contributed by atoms with Gasteiger partial charge < -0.3 is 10.1 Å². The zero-order valence-corrected chi connectivity index (χ0v) is 13.5. The van der Waals surface area contributed by atoms with Crippen LogP contribution in [-0.2, 0) is 6.42 Å². The Morgan fingerprint density at radius 3 is 2.57 bits per heavy atom. The third kappa shape index (κ3) is 3.86. The molecule has 2 aromatic rings. The molecule has 3 rings (SSSR count). The molecule has 0 saturated heterocycles. The number of thiophene rings is 1. The summed E-state index contributed by atoms with van der Waals surface area (Å²) < 4.78 is 5.26. The average molecular weight is 301 g/mol. The van der Waals surface area contributed by atoms with Gasteiger partial charge in [0.2, 0.25) is 0 Å². The standard InChI is InChI=1S/C18H23NOS/c1-13(12-17-4-3-11-21-17)19-18(14-5-6-14)15-7-9-16(20-2)10-8-15/h3-4,7-11,13-14,18-19H,5-6,12H2,1-2H3. The van der Waals surface area contributed by atoms with Crippen molar-refractivity contribution in [3.63, 3.8) is 0 Å². The zero-order valence-electron chi connectivity index (χ0n) is 12.7. The summed E-state index contributed by atoms with van der Waals surface area (Å²) >= 11 is 1.85. The Bertz CT molecular complexity index is 545. The van der Waals surface area contributed by atoms with Gasteiger partial charge in [-0.05, 0) is 61.2 Å². The van der Waals surface area contributed by atoms with Crippen molar-refractivity contribution in [3.05, 3.63) is 52.2 Å². The first kappa shape index (κ1) is 14.6. The molecule has 1 aliphatic carbocycles. The fraction of sp³-hybridized carbons (Fsp3) is 0.444. The van der Waals surface area contributed by atoms with E-state index in [4.69, 9.17) is 4.74 Å². The molecule has 0 bridgehead atoms. The highest BCUT2D eigenvalue weighted by Gasteiger charge is 2.32. The minimum Gasteiger partial charge on any atom is -0.497 e. The third-order valence-electron chi connectivity index (χ3n) is 4.12. The largest absolute Gasteiger partial charge is 0.497 e. The molecule has 2 unspecified atom stereocenters. The summed E-state index contributed by atoms with van der Waals surface area (Å²) in [5.41, 5.74) is 1.39. The van der Waals surface area contributed by atoms with Crippen LogP contribution in [0.3, 0.4) is 0 Å². The van der Waals surface area contributed by atoms with Crippen LogP contribution in [0.15, 0.2) is 41.8 Å². The Labute approximate surface area is 131 Å². The Balaban J connectivity index is 1.66. The molecule has 112 valence electrons. The first-order valence-corrected chi connectivity index (χ1v) is 8.56. The lowest BCUT2D eigenvalue weighted by atomic mass is 10.0. The van der Waals surface area contributed by atoms with Crippen LogP contribution < -0.4 is 10.1 Å². The Hall–Kier alpha value is -1.32. The SMILES string of the molecule is COc1ccc(C(NC(C)Cc2cccs2)C2CC2)cc1. The number of ether oxygens (including phenoxy) is 1. The van der Waals surface area contributed by atoms with Crippen LogP contribution in [0.2, 0.25) is 0 Å². The minimum atomic E-state index is 0.478. The average Bonchev–Trinajstić information content (AvgIpc) is 3.23. The van der Waals surface area contributed by atoms with Crippen molar-refractivity contribution in [3.8, 4) is 5.75 Å². The van der Waals surface area contributed by atoms with Gasteiger partial charge in [-0.1, -0.05) is 18.2 Å². The van der Waals surface area contributed by atoms with E-state index in [2.05, 4.69) is 54.0 Å². The summed E-state index contributed by atoms with van der Waals surface area (Å²) in [4.78, 5) is 1.46. The van der Waals surface area contributed by atoms with Gasteiger partial charge >= 0.3 is 0 Å². The Morgan fingerprint density at radius 1 is 1.24 bits per heavy atom. The van der Waals surface area contributed by atoms with Crippen molar-refractivity contribution in [2.75, 3.05) is 7.11 Å². The molecule has 0 spiro atoms. The number of hydrogen-bond donors (Lipinski definition) is 1. The van der Waals surface area contributed by atoms with Gasteiger partial charge in [0.1, 0.15) is 5.75 Å². The van der Waals surface area contributed by atoms with E-state index < -0.39 is 0 Å². The van der Waals surface area contributed by atoms with Gasteiger partial charge in [-0.25, -0.2) is 0 Å². The second-order valence-corrected chi connectivity index (χ2v) is 6.97. The Kier molecular flexibility index (Phi) is 4.61. The van der Waals surface area contributed by atoms with Crippen LogP contribution in [-0.4, -0.2) is 13.2 Å². The first-order chi connectivity index (χ1) is 10.3. The minimum absolute atomic E-state index is 0.478. The van der Waals surface area contributed by atoms with Crippen molar-refractivity contribution in [2.24, 2.45) is 5.92 Å². The molecule has 0 aliphatic heterocycles. The summed E-state index contributed by atoms with van der Waals surface area (Å²) in [5.74, 6) is 1.73. The van der Waals surface area contributed by atoms with Crippen LogP contribution >= 0.6 is 11.3 Å². The lowest BCUT2D eigenvalue weighted by Gasteiger charge is -2.24. The molecule has 2 nitrogen and oxygen atoms in total. The lowest BCUT2D eigenvalue weighted by molar-refractivity contribution is 0.409. The van der Waals surface area contributed by atoms with E-state index in [0.717, 1.165) is 18.1 Å². The maximum absolute atomic E-state index is 5.26. The van der Waals surface area contributed by atoms with Gasteiger partial charge in [0.15, 0.2) is 0 Å². The van der Waals surface area contributed by atoms with Gasteiger partial charge in [0, 0.05) is 17.0 Å². The number of methoxy groups -OCH3 is 1. The number of benzene rings is 1. The highest BCUT2D eigenvalue weighted by Crippen LogP contribution is 2.41. The second kappa shape index (κ2) is 6.63. The van der Waals surface area contributed by atoms with Gasteiger partial charge in [-0.15, -0.1) is 11.3 Å². The molecule has 0 amide bonds. The van der Waals surface area contributed by atoms with Crippen LogP contribution in [0.5, 0.6) is 5.75 Å². The summed E-state index contributed by atoms with van der Waals surface area (Å²) in [6.45, 7) is 2.29. The monoisotopic (exact) mass is 301 g/mol. The topological polar surface area (TPSA) is 21.3 Å². The number of nitrogens with one attached hydrogen (secondary N) is 1. The van der Waals surface area contributed by atoms with Crippen molar-refractivity contribution >= 4 is 11.3 Å². The van der Waals surface area contributed by atoms with Crippen LogP contribution in [0, 0.1) is 5.92 Å². The van der Waals surface area contributed by atoms with E-state index in [0.29, 0.717) is 12.1 Å². The van der Waals surface area contributed by atoms with Crippen LogP contribution in [0.1, 0.15) is 36.2 Å². The molecule has 1 heterocycles. The molecule has 1 aliphatic rings. The highest BCUT2D eigenvalue weighted by molar-refractivity contribution is 7.09. The molecule has 1 saturated carbocycles. The Morgan fingerprint density at radius 2 is 2.00 bits per heavy atom. The zero-order chi connectivity index (χ0) is 14.7. The van der Waals surface area contributed by atoms with Gasteiger partial charge in [-0.2, -0.15) is 0 Å². The van der Waals surface area contributed by atoms with E-state index in [1.54, 1.807) is 7.11 Å². The molecule has 1 N–H and O–H groups in total. The molecular weight excluding hydrogens is 278 g/mol. The van der Waals surface area contributed by atoms with E-state index in [-0.39, 0.29) is 0 Å². The third-order valence-corrected chi connectivity index (χ3v) is 5.02. The molecule has 0 radical (unpaired) electrons.